The lowest BCUT2D eigenvalue weighted by atomic mass is 10.2. The van der Waals surface area contributed by atoms with Gasteiger partial charge in [-0.15, -0.1) is 0 Å². The van der Waals surface area contributed by atoms with E-state index in [1.165, 1.54) is 25.6 Å². The fraction of sp³-hybridized carbons (Fsp3) is 0.429. The number of ether oxygens (including phenoxy) is 3. The number of imidazole rings is 1. The molecule has 2 unspecified atom stereocenters. The number of benzene rings is 1. The number of esters is 1. The summed E-state index contributed by atoms with van der Waals surface area (Å²) < 4.78 is 37.3. The number of aromatic amines is 1. The number of nitrogens with two attached hydrogens (primary N) is 1. The van der Waals surface area contributed by atoms with Crippen LogP contribution in [0.15, 0.2) is 29.3 Å². The third kappa shape index (κ3) is 7.18. The van der Waals surface area contributed by atoms with Crippen molar-refractivity contribution in [2.24, 2.45) is 0 Å². The summed E-state index contributed by atoms with van der Waals surface area (Å²) >= 11 is 0. The van der Waals surface area contributed by atoms with Gasteiger partial charge < -0.3 is 29.0 Å². The molecule has 2 heterocycles. The van der Waals surface area contributed by atoms with Gasteiger partial charge in [0.25, 0.3) is 5.56 Å². The summed E-state index contributed by atoms with van der Waals surface area (Å²) in [5.41, 5.74) is 6.33. The van der Waals surface area contributed by atoms with Crippen molar-refractivity contribution in [3.8, 4) is 5.75 Å². The third-order valence-electron chi connectivity index (χ3n) is 4.76. The minimum atomic E-state index is -1.44. The van der Waals surface area contributed by atoms with Crippen molar-refractivity contribution >= 4 is 31.4 Å². The van der Waals surface area contributed by atoms with Crippen LogP contribution >= 0.6 is 8.30 Å². The number of aromatic nitrogens is 4. The number of nitrogens with one attached hydrogen (secondary N) is 2. The lowest BCUT2D eigenvalue weighted by molar-refractivity contribution is -0.144. The summed E-state index contributed by atoms with van der Waals surface area (Å²) in [6.07, 6.45) is 1.62. The lowest BCUT2D eigenvalue weighted by Gasteiger charge is -2.22. The Morgan fingerprint density at radius 1 is 1.40 bits per heavy atom. The number of rotatable bonds is 13. The molecular formula is C21H28FN6O6P. The SMILES string of the molecule is CCOC(=O)C(C)NP(COCCn1cnc2c(=O)[nH]c(N)nc21)OCc1ccc(OC)c(F)c1. The quantitative estimate of drug-likeness (QED) is 0.176. The van der Waals surface area contributed by atoms with Crippen molar-refractivity contribution in [1.82, 2.24) is 24.6 Å². The maximum absolute atomic E-state index is 14.0. The van der Waals surface area contributed by atoms with E-state index in [2.05, 4.69) is 20.0 Å². The average molecular weight is 510 g/mol. The van der Waals surface area contributed by atoms with Crippen LogP contribution in [0.4, 0.5) is 10.3 Å². The van der Waals surface area contributed by atoms with E-state index in [1.54, 1.807) is 24.5 Å². The van der Waals surface area contributed by atoms with E-state index in [1.807, 2.05) is 0 Å². The zero-order valence-corrected chi connectivity index (χ0v) is 20.5. The van der Waals surface area contributed by atoms with Crippen LogP contribution in [0.25, 0.3) is 11.2 Å². The molecule has 3 rings (SSSR count). The number of nitrogens with zero attached hydrogens (tertiary/aromatic N) is 3. The van der Waals surface area contributed by atoms with Crippen LogP contribution < -0.4 is 21.1 Å². The van der Waals surface area contributed by atoms with E-state index in [0.717, 1.165) is 0 Å². The van der Waals surface area contributed by atoms with Crippen LogP contribution in [0.5, 0.6) is 5.75 Å². The highest BCUT2D eigenvalue weighted by molar-refractivity contribution is 7.50. The number of carbonyl (C=O) groups is 1. The predicted octanol–water partition coefficient (Wildman–Crippen LogP) is 1.89. The lowest BCUT2D eigenvalue weighted by Crippen LogP contribution is -2.33. The van der Waals surface area contributed by atoms with E-state index in [4.69, 9.17) is 24.5 Å². The molecule has 0 fully saturated rings. The Hall–Kier alpha value is -3.12. The molecule has 0 aliphatic carbocycles. The minimum absolute atomic E-state index is 0.00536. The summed E-state index contributed by atoms with van der Waals surface area (Å²) in [5.74, 6) is -0.784. The van der Waals surface area contributed by atoms with E-state index >= 15 is 0 Å². The fourth-order valence-electron chi connectivity index (χ4n) is 3.04. The standard InChI is InChI=1S/C21H28FN6O6P/c1-4-33-20(30)13(2)27-35(34-10-14-5-6-16(31-3)15(22)9-14)12-32-8-7-28-11-24-17-18(28)25-21(23)26-19(17)29/h5-6,9,11,13,27H,4,7-8,10,12H2,1-3H3,(H3,23,25,26,29). The summed E-state index contributed by atoms with van der Waals surface area (Å²) in [4.78, 5) is 34.5. The van der Waals surface area contributed by atoms with Crippen molar-refractivity contribution < 1.29 is 27.9 Å². The number of hydrogen-bond acceptors (Lipinski definition) is 10. The fourth-order valence-corrected chi connectivity index (χ4v) is 4.41. The van der Waals surface area contributed by atoms with Crippen LogP contribution in [-0.2, 0) is 31.9 Å². The van der Waals surface area contributed by atoms with Crippen LogP contribution in [0.3, 0.4) is 0 Å². The monoisotopic (exact) mass is 510 g/mol. The Kier molecular flexibility index (Phi) is 9.49. The van der Waals surface area contributed by atoms with Crippen molar-refractivity contribution in [3.63, 3.8) is 0 Å². The molecule has 4 N–H and O–H groups in total. The number of fused-ring (bicyclic) bond motifs is 1. The molecule has 35 heavy (non-hydrogen) atoms. The van der Waals surface area contributed by atoms with Gasteiger partial charge in [-0.1, -0.05) is 6.07 Å². The first-order valence-electron chi connectivity index (χ1n) is 10.8. The van der Waals surface area contributed by atoms with Crippen molar-refractivity contribution in [2.45, 2.75) is 33.0 Å². The van der Waals surface area contributed by atoms with Crippen LogP contribution in [0.2, 0.25) is 0 Å². The Morgan fingerprint density at radius 3 is 2.91 bits per heavy atom. The average Bonchev–Trinajstić information content (AvgIpc) is 3.23. The molecule has 0 saturated carbocycles. The molecule has 14 heteroatoms. The number of carbonyl (C=O) groups excluding carboxylic acids is 1. The molecular weight excluding hydrogens is 482 g/mol. The number of nitrogen functional groups attached to an aromatic ring is 1. The second-order valence-corrected chi connectivity index (χ2v) is 8.85. The van der Waals surface area contributed by atoms with Gasteiger partial charge in [0.15, 0.2) is 22.7 Å². The molecule has 0 aliphatic heterocycles. The number of methoxy groups -OCH3 is 1. The van der Waals surface area contributed by atoms with Gasteiger partial charge in [0.1, 0.15) is 20.7 Å². The molecule has 0 spiro atoms. The Bertz CT molecular complexity index is 1200. The second-order valence-electron chi connectivity index (χ2n) is 7.32. The molecule has 0 amide bonds. The van der Waals surface area contributed by atoms with Crippen molar-refractivity contribution in [1.29, 1.82) is 0 Å². The molecule has 0 saturated heterocycles. The van der Waals surface area contributed by atoms with Crippen LogP contribution in [0, 0.1) is 5.82 Å². The largest absolute Gasteiger partial charge is 0.494 e. The van der Waals surface area contributed by atoms with Gasteiger partial charge in [-0.25, -0.2) is 9.37 Å². The van der Waals surface area contributed by atoms with Crippen molar-refractivity contribution in [3.05, 3.63) is 46.3 Å². The molecule has 2 atom stereocenters. The molecule has 190 valence electrons. The van der Waals surface area contributed by atoms with E-state index in [-0.39, 0.29) is 43.4 Å². The van der Waals surface area contributed by atoms with E-state index in [9.17, 15) is 14.0 Å². The highest BCUT2D eigenvalue weighted by Crippen LogP contribution is 2.34. The van der Waals surface area contributed by atoms with Gasteiger partial charge in [0.05, 0.1) is 33.3 Å². The first-order valence-corrected chi connectivity index (χ1v) is 12.2. The van der Waals surface area contributed by atoms with Gasteiger partial charge in [-0.05, 0) is 31.5 Å². The first-order chi connectivity index (χ1) is 16.8. The van der Waals surface area contributed by atoms with E-state index < -0.39 is 31.7 Å². The summed E-state index contributed by atoms with van der Waals surface area (Å²) in [5, 5.41) is 3.08. The predicted molar refractivity (Wildman–Crippen MR) is 127 cm³/mol. The van der Waals surface area contributed by atoms with Gasteiger partial charge in [-0.3, -0.25) is 19.7 Å². The van der Waals surface area contributed by atoms with Gasteiger partial charge in [-0.2, -0.15) is 4.98 Å². The zero-order valence-electron chi connectivity index (χ0n) is 19.6. The first kappa shape index (κ1) is 26.5. The number of hydrogen-bond donors (Lipinski definition) is 3. The summed E-state index contributed by atoms with van der Waals surface area (Å²) in [6.45, 7) is 4.33. The Labute approximate surface area is 201 Å². The molecule has 12 nitrogen and oxygen atoms in total. The molecule has 0 aliphatic rings. The molecule has 2 aromatic heterocycles. The molecule has 0 radical (unpaired) electrons. The molecule has 1 aromatic carbocycles. The second kappa shape index (κ2) is 12.5. The maximum Gasteiger partial charge on any atom is 0.323 e. The summed E-state index contributed by atoms with van der Waals surface area (Å²) in [7, 11) is -0.0536. The third-order valence-corrected chi connectivity index (χ3v) is 6.29. The number of H-pyrrole nitrogens is 1. The van der Waals surface area contributed by atoms with Gasteiger partial charge in [0, 0.05) is 6.54 Å². The van der Waals surface area contributed by atoms with Gasteiger partial charge >= 0.3 is 5.97 Å². The molecule has 3 aromatic rings. The van der Waals surface area contributed by atoms with Crippen LogP contribution in [0.1, 0.15) is 19.4 Å². The Balaban J connectivity index is 1.60. The van der Waals surface area contributed by atoms with Crippen LogP contribution in [-0.4, -0.2) is 58.2 Å². The maximum atomic E-state index is 14.0. The smallest absolute Gasteiger partial charge is 0.323 e. The highest BCUT2D eigenvalue weighted by Gasteiger charge is 2.20. The number of anilines is 1. The summed E-state index contributed by atoms with van der Waals surface area (Å²) in [6, 6.07) is 3.90. The molecule has 0 bridgehead atoms. The highest BCUT2D eigenvalue weighted by atomic mass is 31.2. The minimum Gasteiger partial charge on any atom is -0.494 e. The van der Waals surface area contributed by atoms with Gasteiger partial charge in [0.2, 0.25) is 5.95 Å². The topological polar surface area (TPSA) is 156 Å². The van der Waals surface area contributed by atoms with Crippen molar-refractivity contribution in [2.75, 3.05) is 32.4 Å². The number of halogens is 1. The normalized spacial score (nSPS) is 13.0. The Morgan fingerprint density at radius 2 is 2.20 bits per heavy atom. The zero-order chi connectivity index (χ0) is 25.4. The van der Waals surface area contributed by atoms with E-state index in [0.29, 0.717) is 17.8 Å².